The van der Waals surface area contributed by atoms with E-state index in [1.165, 1.54) is 0 Å². The average molecular weight is 371 g/mol. The van der Waals surface area contributed by atoms with Gasteiger partial charge in [0.05, 0.1) is 0 Å². The van der Waals surface area contributed by atoms with Crippen LogP contribution in [0.15, 0.2) is 54.6 Å². The van der Waals surface area contributed by atoms with Crippen molar-refractivity contribution in [1.82, 2.24) is 10.6 Å². The molecule has 136 valence electrons. The summed E-state index contributed by atoms with van der Waals surface area (Å²) in [5, 5.41) is 6.68. The molecule has 0 radical (unpaired) electrons. The molecule has 2 aromatic rings. The van der Waals surface area contributed by atoms with E-state index in [4.69, 9.17) is 11.6 Å². The lowest BCUT2D eigenvalue weighted by atomic mass is 9.85. The summed E-state index contributed by atoms with van der Waals surface area (Å²) in [6.07, 6.45) is 3.26. The van der Waals surface area contributed by atoms with Gasteiger partial charge in [-0.1, -0.05) is 60.5 Å². The van der Waals surface area contributed by atoms with Crippen molar-refractivity contribution in [3.05, 3.63) is 70.7 Å². The number of halogens is 1. The minimum absolute atomic E-state index is 0.0555. The number of nitrogens with one attached hydrogen (secondary N) is 2. The highest BCUT2D eigenvalue weighted by atomic mass is 35.5. The van der Waals surface area contributed by atoms with Crippen LogP contribution in [0.25, 0.3) is 0 Å². The van der Waals surface area contributed by atoms with Gasteiger partial charge in [-0.3, -0.25) is 9.59 Å². The molecular formula is C21H23ClN2O2. The van der Waals surface area contributed by atoms with Crippen molar-refractivity contribution >= 4 is 23.4 Å². The average Bonchev–Trinajstić information content (AvgIpc) is 2.84. The van der Waals surface area contributed by atoms with Gasteiger partial charge < -0.3 is 10.6 Å². The quantitative estimate of drug-likeness (QED) is 0.844. The molecule has 0 bridgehead atoms. The van der Waals surface area contributed by atoms with Gasteiger partial charge in [0, 0.05) is 24.4 Å². The number of carbonyl (C=O) groups excluding carboxylic acids is 2. The van der Waals surface area contributed by atoms with Crippen molar-refractivity contribution in [2.75, 3.05) is 0 Å². The summed E-state index contributed by atoms with van der Waals surface area (Å²) in [5.41, 5.74) is 1.11. The molecule has 1 aliphatic rings. The minimum atomic E-state index is -0.901. The molecule has 1 atom stereocenters. The smallest absolute Gasteiger partial charge is 0.246 e. The van der Waals surface area contributed by atoms with E-state index in [1.807, 2.05) is 42.5 Å². The van der Waals surface area contributed by atoms with E-state index in [0.29, 0.717) is 30.8 Å². The molecule has 1 heterocycles. The SMILES string of the molecule is O=C1CCCCC(Cc2ccccc2)(C(=O)NCc2ccc(Cl)cc2)N1. The van der Waals surface area contributed by atoms with Crippen LogP contribution in [-0.2, 0) is 22.6 Å². The molecule has 1 saturated heterocycles. The molecule has 0 aromatic heterocycles. The van der Waals surface area contributed by atoms with Crippen LogP contribution in [0.5, 0.6) is 0 Å². The zero-order chi connectivity index (χ0) is 18.4. The topological polar surface area (TPSA) is 58.2 Å². The number of hydrogen-bond acceptors (Lipinski definition) is 2. The van der Waals surface area contributed by atoms with Gasteiger partial charge in [-0.25, -0.2) is 0 Å². The Bertz CT molecular complexity index is 761. The number of amides is 2. The predicted octanol–water partition coefficient (Wildman–Crippen LogP) is 3.63. The zero-order valence-electron chi connectivity index (χ0n) is 14.6. The van der Waals surface area contributed by atoms with Crippen LogP contribution in [0.1, 0.15) is 36.8 Å². The first kappa shape index (κ1) is 18.5. The first-order chi connectivity index (χ1) is 12.6. The molecular weight excluding hydrogens is 348 g/mol. The first-order valence-corrected chi connectivity index (χ1v) is 9.33. The van der Waals surface area contributed by atoms with Crippen LogP contribution in [0.2, 0.25) is 5.02 Å². The predicted molar refractivity (Wildman–Crippen MR) is 103 cm³/mol. The third-order valence-electron chi connectivity index (χ3n) is 4.79. The van der Waals surface area contributed by atoms with Crippen LogP contribution >= 0.6 is 11.6 Å². The molecule has 0 spiro atoms. The third kappa shape index (κ3) is 4.64. The summed E-state index contributed by atoms with van der Waals surface area (Å²) < 4.78 is 0. The molecule has 26 heavy (non-hydrogen) atoms. The molecule has 1 unspecified atom stereocenters. The lowest BCUT2D eigenvalue weighted by Gasteiger charge is -2.32. The van der Waals surface area contributed by atoms with Crippen LogP contribution < -0.4 is 10.6 Å². The lowest BCUT2D eigenvalue weighted by Crippen LogP contribution is -2.59. The number of rotatable bonds is 5. The maximum atomic E-state index is 13.1. The van der Waals surface area contributed by atoms with Gasteiger partial charge in [0.1, 0.15) is 5.54 Å². The first-order valence-electron chi connectivity index (χ1n) is 8.95. The fourth-order valence-corrected chi connectivity index (χ4v) is 3.51. The number of hydrogen-bond donors (Lipinski definition) is 2. The van der Waals surface area contributed by atoms with Crippen LogP contribution in [0.4, 0.5) is 0 Å². The number of benzene rings is 2. The highest BCUT2D eigenvalue weighted by Crippen LogP contribution is 2.25. The molecule has 2 N–H and O–H groups in total. The van der Waals surface area contributed by atoms with E-state index in [2.05, 4.69) is 10.6 Å². The van der Waals surface area contributed by atoms with Crippen molar-refractivity contribution in [2.45, 2.75) is 44.2 Å². The van der Waals surface area contributed by atoms with E-state index in [9.17, 15) is 9.59 Å². The lowest BCUT2D eigenvalue weighted by molar-refractivity contribution is -0.133. The molecule has 1 aliphatic heterocycles. The van der Waals surface area contributed by atoms with E-state index in [1.54, 1.807) is 12.1 Å². The normalized spacial score (nSPS) is 20.1. The summed E-state index contributed by atoms with van der Waals surface area (Å²) in [6.45, 7) is 0.405. The molecule has 1 fully saturated rings. The van der Waals surface area contributed by atoms with Crippen LogP contribution in [-0.4, -0.2) is 17.4 Å². The van der Waals surface area contributed by atoms with Crippen LogP contribution in [0.3, 0.4) is 0 Å². The Morgan fingerprint density at radius 1 is 1.04 bits per heavy atom. The van der Waals surface area contributed by atoms with E-state index in [-0.39, 0.29) is 11.8 Å². The Morgan fingerprint density at radius 2 is 1.77 bits per heavy atom. The Labute approximate surface area is 158 Å². The van der Waals surface area contributed by atoms with Crippen molar-refractivity contribution in [3.63, 3.8) is 0 Å². The van der Waals surface area contributed by atoms with Gasteiger partial charge in [-0.15, -0.1) is 0 Å². The van der Waals surface area contributed by atoms with E-state index < -0.39 is 5.54 Å². The van der Waals surface area contributed by atoms with Crippen molar-refractivity contribution in [1.29, 1.82) is 0 Å². The van der Waals surface area contributed by atoms with Gasteiger partial charge in [-0.2, -0.15) is 0 Å². The second-order valence-corrected chi connectivity index (χ2v) is 7.25. The van der Waals surface area contributed by atoms with Gasteiger partial charge in [0.15, 0.2) is 0 Å². The highest BCUT2D eigenvalue weighted by Gasteiger charge is 2.40. The third-order valence-corrected chi connectivity index (χ3v) is 5.04. The molecule has 4 nitrogen and oxygen atoms in total. The van der Waals surface area contributed by atoms with Gasteiger partial charge >= 0.3 is 0 Å². The zero-order valence-corrected chi connectivity index (χ0v) is 15.4. The van der Waals surface area contributed by atoms with Gasteiger partial charge in [0.2, 0.25) is 11.8 Å². The Balaban J connectivity index is 1.78. The van der Waals surface area contributed by atoms with Crippen molar-refractivity contribution < 1.29 is 9.59 Å². The fraction of sp³-hybridized carbons (Fsp3) is 0.333. The minimum Gasteiger partial charge on any atom is -0.350 e. The van der Waals surface area contributed by atoms with Gasteiger partial charge in [-0.05, 0) is 36.1 Å². The largest absolute Gasteiger partial charge is 0.350 e. The Morgan fingerprint density at radius 3 is 2.50 bits per heavy atom. The standard InChI is InChI=1S/C21H23ClN2O2/c22-18-11-9-17(10-12-18)15-23-20(26)21(13-5-4-8-19(25)24-21)14-16-6-2-1-3-7-16/h1-3,6-7,9-12H,4-5,8,13-15H2,(H,23,26)(H,24,25). The van der Waals surface area contributed by atoms with E-state index in [0.717, 1.165) is 24.0 Å². The maximum absolute atomic E-state index is 13.1. The summed E-state index contributed by atoms with van der Waals surface area (Å²) in [6, 6.07) is 17.2. The van der Waals surface area contributed by atoms with E-state index >= 15 is 0 Å². The van der Waals surface area contributed by atoms with Gasteiger partial charge in [0.25, 0.3) is 0 Å². The summed E-state index contributed by atoms with van der Waals surface area (Å²) in [5.74, 6) is -0.188. The molecule has 2 amide bonds. The fourth-order valence-electron chi connectivity index (χ4n) is 3.39. The van der Waals surface area contributed by atoms with Crippen LogP contribution in [0, 0.1) is 0 Å². The molecule has 0 saturated carbocycles. The second kappa shape index (κ2) is 8.37. The Hall–Kier alpha value is -2.33. The molecule has 0 aliphatic carbocycles. The summed E-state index contributed by atoms with van der Waals surface area (Å²) >= 11 is 5.91. The monoisotopic (exact) mass is 370 g/mol. The molecule has 5 heteroatoms. The summed E-state index contributed by atoms with van der Waals surface area (Å²) in [4.78, 5) is 25.3. The maximum Gasteiger partial charge on any atom is 0.246 e. The second-order valence-electron chi connectivity index (χ2n) is 6.81. The Kier molecular flexibility index (Phi) is 5.94. The van der Waals surface area contributed by atoms with Crippen molar-refractivity contribution in [3.8, 4) is 0 Å². The number of carbonyl (C=O) groups is 2. The molecule has 2 aromatic carbocycles. The molecule has 3 rings (SSSR count). The summed E-state index contributed by atoms with van der Waals surface area (Å²) in [7, 11) is 0. The highest BCUT2D eigenvalue weighted by molar-refractivity contribution is 6.30. The van der Waals surface area contributed by atoms with Crippen molar-refractivity contribution in [2.24, 2.45) is 0 Å².